The summed E-state index contributed by atoms with van der Waals surface area (Å²) in [4.78, 5) is 11.5. The van der Waals surface area contributed by atoms with Gasteiger partial charge >= 0.3 is 0 Å². The number of aromatic nitrogens is 3. The smallest absolute Gasteiger partial charge is 0.260 e. The summed E-state index contributed by atoms with van der Waals surface area (Å²) in [5.74, 6) is -0.535. The minimum atomic E-state index is -0.679. The Kier molecular flexibility index (Phi) is 2.68. The first-order valence-corrected chi connectivity index (χ1v) is 5.53. The van der Waals surface area contributed by atoms with Crippen LogP contribution in [0.3, 0.4) is 0 Å². The zero-order valence-electron chi connectivity index (χ0n) is 9.75. The molecule has 2 N–H and O–H groups in total. The highest BCUT2D eigenvalue weighted by Gasteiger charge is 2.10. The highest BCUT2D eigenvalue weighted by molar-refractivity contribution is 5.84. The van der Waals surface area contributed by atoms with E-state index in [4.69, 9.17) is 10.5 Å². The number of hydrogen-bond acceptors (Lipinski definition) is 5. The van der Waals surface area contributed by atoms with E-state index in [1.165, 1.54) is 0 Å². The van der Waals surface area contributed by atoms with Crippen LogP contribution in [0, 0.1) is 5.82 Å². The lowest BCUT2D eigenvalue weighted by Crippen LogP contribution is -1.99. The van der Waals surface area contributed by atoms with Gasteiger partial charge in [0.25, 0.3) is 5.88 Å². The maximum Gasteiger partial charge on any atom is 0.260 e. The lowest BCUT2D eigenvalue weighted by atomic mass is 10.2. The van der Waals surface area contributed by atoms with Gasteiger partial charge in [0.1, 0.15) is 5.52 Å². The zero-order valence-corrected chi connectivity index (χ0v) is 9.75. The van der Waals surface area contributed by atoms with Crippen molar-refractivity contribution in [2.24, 2.45) is 0 Å². The first-order chi connectivity index (χ1) is 9.24. The highest BCUT2D eigenvalue weighted by Crippen LogP contribution is 2.28. The van der Waals surface area contributed by atoms with E-state index in [2.05, 4.69) is 15.0 Å². The van der Waals surface area contributed by atoms with E-state index in [1.54, 1.807) is 18.3 Å². The minimum Gasteiger partial charge on any atom is -0.434 e. The standard InChI is InChI=1S/C13H9FN4O/c14-9-7-17-13(15)18-12(9)19-10-5-1-3-8-4-2-6-16-11(8)10/h1-7H,(H2,15,17,18). The van der Waals surface area contributed by atoms with Gasteiger partial charge in [0.2, 0.25) is 11.8 Å². The maximum atomic E-state index is 13.5. The van der Waals surface area contributed by atoms with E-state index in [0.29, 0.717) is 11.3 Å². The molecular formula is C13H9FN4O. The molecule has 0 unspecified atom stereocenters. The van der Waals surface area contributed by atoms with Crippen molar-refractivity contribution < 1.29 is 9.13 Å². The van der Waals surface area contributed by atoms with Crippen LogP contribution in [0.4, 0.5) is 10.3 Å². The number of nitrogens with two attached hydrogens (primary N) is 1. The first-order valence-electron chi connectivity index (χ1n) is 5.53. The van der Waals surface area contributed by atoms with Gasteiger partial charge in [-0.1, -0.05) is 18.2 Å². The average molecular weight is 256 g/mol. The molecule has 0 aliphatic carbocycles. The Bertz CT molecular complexity index is 742. The van der Waals surface area contributed by atoms with Crippen molar-refractivity contribution in [1.82, 2.24) is 15.0 Å². The number of anilines is 1. The van der Waals surface area contributed by atoms with Crippen molar-refractivity contribution >= 4 is 16.9 Å². The van der Waals surface area contributed by atoms with Crippen LogP contribution in [0.1, 0.15) is 0 Å². The minimum absolute atomic E-state index is 0.0513. The fraction of sp³-hybridized carbons (Fsp3) is 0. The van der Waals surface area contributed by atoms with Crippen LogP contribution in [-0.2, 0) is 0 Å². The Hall–Kier alpha value is -2.76. The van der Waals surface area contributed by atoms with E-state index in [9.17, 15) is 4.39 Å². The second-order valence-corrected chi connectivity index (χ2v) is 3.81. The summed E-state index contributed by atoms with van der Waals surface area (Å²) in [6.45, 7) is 0. The summed E-state index contributed by atoms with van der Waals surface area (Å²) in [5, 5.41) is 0.891. The molecule has 0 saturated carbocycles. The number of benzene rings is 1. The Morgan fingerprint density at radius 1 is 1.11 bits per heavy atom. The average Bonchev–Trinajstić information content (AvgIpc) is 2.43. The summed E-state index contributed by atoms with van der Waals surface area (Å²) < 4.78 is 19.0. The topological polar surface area (TPSA) is 73.9 Å². The molecule has 94 valence electrons. The number of halogens is 1. The SMILES string of the molecule is Nc1ncc(F)c(Oc2cccc3cccnc23)n1. The molecule has 0 fully saturated rings. The van der Waals surface area contributed by atoms with Gasteiger partial charge in [-0.25, -0.2) is 4.98 Å². The fourth-order valence-corrected chi connectivity index (χ4v) is 1.70. The molecule has 0 saturated heterocycles. The number of fused-ring (bicyclic) bond motifs is 1. The summed E-state index contributed by atoms with van der Waals surface area (Å²) in [6.07, 6.45) is 2.61. The largest absolute Gasteiger partial charge is 0.434 e. The first kappa shape index (κ1) is 11.3. The summed E-state index contributed by atoms with van der Waals surface area (Å²) in [7, 11) is 0. The quantitative estimate of drug-likeness (QED) is 0.762. The molecule has 2 aromatic heterocycles. The van der Waals surface area contributed by atoms with E-state index in [-0.39, 0.29) is 11.8 Å². The number of para-hydroxylation sites is 1. The third-order valence-corrected chi connectivity index (χ3v) is 2.53. The summed E-state index contributed by atoms with van der Waals surface area (Å²) in [6, 6.07) is 9.07. The van der Waals surface area contributed by atoms with Crippen LogP contribution < -0.4 is 10.5 Å². The van der Waals surface area contributed by atoms with Gasteiger partial charge in [-0.05, 0) is 12.1 Å². The molecular weight excluding hydrogens is 247 g/mol. The van der Waals surface area contributed by atoms with Crippen LogP contribution in [0.15, 0.2) is 42.7 Å². The Labute approximate surface area is 107 Å². The zero-order chi connectivity index (χ0) is 13.2. The Balaban J connectivity index is 2.08. The number of nitrogen functional groups attached to an aromatic ring is 1. The van der Waals surface area contributed by atoms with Gasteiger partial charge in [0, 0.05) is 11.6 Å². The Morgan fingerprint density at radius 2 is 1.95 bits per heavy atom. The number of rotatable bonds is 2. The number of pyridine rings is 1. The van der Waals surface area contributed by atoms with Crippen molar-refractivity contribution in [2.75, 3.05) is 5.73 Å². The monoisotopic (exact) mass is 256 g/mol. The predicted octanol–water partition coefficient (Wildman–Crippen LogP) is 2.54. The molecule has 1 aromatic carbocycles. The molecule has 3 rings (SSSR count). The summed E-state index contributed by atoms with van der Waals surface area (Å²) >= 11 is 0. The highest BCUT2D eigenvalue weighted by atomic mass is 19.1. The maximum absolute atomic E-state index is 13.5. The van der Waals surface area contributed by atoms with E-state index in [0.717, 1.165) is 11.6 Å². The predicted molar refractivity (Wildman–Crippen MR) is 68.2 cm³/mol. The molecule has 3 aromatic rings. The summed E-state index contributed by atoms with van der Waals surface area (Å²) in [5.41, 5.74) is 6.04. The van der Waals surface area contributed by atoms with E-state index in [1.807, 2.05) is 18.2 Å². The molecule has 0 bridgehead atoms. The molecule has 6 heteroatoms. The second-order valence-electron chi connectivity index (χ2n) is 3.81. The van der Waals surface area contributed by atoms with Gasteiger partial charge in [-0.15, -0.1) is 0 Å². The number of hydrogen-bond donors (Lipinski definition) is 1. The van der Waals surface area contributed by atoms with Crippen LogP contribution in [-0.4, -0.2) is 15.0 Å². The Morgan fingerprint density at radius 3 is 2.84 bits per heavy atom. The molecule has 0 spiro atoms. The second kappa shape index (κ2) is 4.49. The lowest BCUT2D eigenvalue weighted by Gasteiger charge is -2.07. The van der Waals surface area contributed by atoms with E-state index < -0.39 is 5.82 Å². The van der Waals surface area contributed by atoms with E-state index >= 15 is 0 Å². The van der Waals surface area contributed by atoms with Gasteiger partial charge < -0.3 is 10.5 Å². The number of ether oxygens (including phenoxy) is 1. The van der Waals surface area contributed by atoms with Crippen molar-refractivity contribution in [3.05, 3.63) is 48.5 Å². The van der Waals surface area contributed by atoms with Gasteiger partial charge in [0.05, 0.1) is 6.20 Å². The normalized spacial score (nSPS) is 10.6. The van der Waals surface area contributed by atoms with Crippen molar-refractivity contribution in [2.45, 2.75) is 0 Å². The lowest BCUT2D eigenvalue weighted by molar-refractivity contribution is 0.424. The van der Waals surface area contributed by atoms with Crippen molar-refractivity contribution in [3.8, 4) is 11.6 Å². The molecule has 19 heavy (non-hydrogen) atoms. The van der Waals surface area contributed by atoms with Crippen LogP contribution >= 0.6 is 0 Å². The molecule has 0 aliphatic rings. The van der Waals surface area contributed by atoms with Crippen LogP contribution in [0.5, 0.6) is 11.6 Å². The fourth-order valence-electron chi connectivity index (χ4n) is 1.70. The van der Waals surface area contributed by atoms with Gasteiger partial charge in [-0.3, -0.25) is 4.98 Å². The molecule has 0 aliphatic heterocycles. The van der Waals surface area contributed by atoms with Crippen LogP contribution in [0.2, 0.25) is 0 Å². The molecule has 0 radical (unpaired) electrons. The van der Waals surface area contributed by atoms with Gasteiger partial charge in [0.15, 0.2) is 5.75 Å². The van der Waals surface area contributed by atoms with Crippen molar-refractivity contribution in [1.29, 1.82) is 0 Å². The third-order valence-electron chi connectivity index (χ3n) is 2.53. The molecule has 5 nitrogen and oxygen atoms in total. The van der Waals surface area contributed by atoms with Gasteiger partial charge in [-0.2, -0.15) is 9.37 Å². The molecule has 0 atom stereocenters. The van der Waals surface area contributed by atoms with Crippen molar-refractivity contribution in [3.63, 3.8) is 0 Å². The van der Waals surface area contributed by atoms with Crippen LogP contribution in [0.25, 0.3) is 10.9 Å². The number of nitrogens with zero attached hydrogens (tertiary/aromatic N) is 3. The molecule has 0 amide bonds. The third kappa shape index (κ3) is 2.15. The molecule has 2 heterocycles.